The lowest BCUT2D eigenvalue weighted by atomic mass is 9.97. The summed E-state index contributed by atoms with van der Waals surface area (Å²) in [6.07, 6.45) is 4.20. The quantitative estimate of drug-likeness (QED) is 0.581. The second-order valence-electron chi connectivity index (χ2n) is 7.75. The number of aromatic amines is 1. The van der Waals surface area contributed by atoms with E-state index < -0.39 is 17.7 Å². The van der Waals surface area contributed by atoms with Crippen molar-refractivity contribution in [1.82, 2.24) is 14.9 Å². The summed E-state index contributed by atoms with van der Waals surface area (Å²) >= 11 is 2.96. The number of hydrogen-bond donors (Lipinski definition) is 1. The van der Waals surface area contributed by atoms with Gasteiger partial charge in [0.05, 0.1) is 22.9 Å². The molecule has 1 unspecified atom stereocenters. The highest BCUT2D eigenvalue weighted by Crippen LogP contribution is 2.33. The molecule has 2 aromatic heterocycles. The molecule has 0 radical (unpaired) electrons. The number of amides is 1. The van der Waals surface area contributed by atoms with E-state index in [4.69, 9.17) is 0 Å². The van der Waals surface area contributed by atoms with Crippen LogP contribution in [0.25, 0.3) is 10.2 Å². The van der Waals surface area contributed by atoms with Crippen molar-refractivity contribution in [1.29, 1.82) is 0 Å². The van der Waals surface area contributed by atoms with E-state index in [0.29, 0.717) is 17.1 Å². The molecule has 0 saturated carbocycles. The molecule has 2 heterocycles. The van der Waals surface area contributed by atoms with Gasteiger partial charge < -0.3 is 9.88 Å². The molecule has 0 bridgehead atoms. The number of fused-ring (bicyclic) bond motifs is 3. The SMILES string of the molecule is CC(c1ccc(F)c(F)c1)N(C)C(=O)CSCc1nc2sc3c(c2c(=O)[nH]1)CCCC3. The summed E-state index contributed by atoms with van der Waals surface area (Å²) < 4.78 is 26.6. The average molecular weight is 464 g/mol. The molecule has 9 heteroatoms. The second kappa shape index (κ2) is 9.08. The maximum Gasteiger partial charge on any atom is 0.259 e. The van der Waals surface area contributed by atoms with E-state index >= 15 is 0 Å². The first-order valence-corrected chi connectivity index (χ1v) is 12.1. The monoisotopic (exact) mass is 463 g/mol. The van der Waals surface area contributed by atoms with Crippen molar-refractivity contribution in [2.24, 2.45) is 0 Å². The summed E-state index contributed by atoms with van der Waals surface area (Å²) in [5, 5.41) is 0.726. The highest BCUT2D eigenvalue weighted by atomic mass is 32.2. The number of halogens is 2. The maximum atomic E-state index is 13.5. The molecule has 1 N–H and O–H groups in total. The van der Waals surface area contributed by atoms with Gasteiger partial charge in [-0.1, -0.05) is 6.07 Å². The van der Waals surface area contributed by atoms with E-state index in [-0.39, 0.29) is 17.2 Å². The highest BCUT2D eigenvalue weighted by Gasteiger charge is 2.21. The molecule has 0 aliphatic heterocycles. The van der Waals surface area contributed by atoms with Gasteiger partial charge in [0.1, 0.15) is 10.7 Å². The smallest absolute Gasteiger partial charge is 0.259 e. The maximum absolute atomic E-state index is 13.5. The van der Waals surface area contributed by atoms with Crippen LogP contribution in [0.3, 0.4) is 0 Å². The molecule has 0 saturated heterocycles. The molecular weight excluding hydrogens is 440 g/mol. The molecule has 164 valence electrons. The zero-order valence-electron chi connectivity index (χ0n) is 17.3. The predicted octanol–water partition coefficient (Wildman–Crippen LogP) is 4.59. The average Bonchev–Trinajstić information content (AvgIpc) is 3.13. The standard InChI is InChI=1S/C22H23F2N3O2S2/c1-12(13-7-8-15(23)16(24)9-13)27(2)19(28)11-30-10-18-25-21(29)20-14-5-3-4-6-17(14)31-22(20)26-18/h7-9,12H,3-6,10-11H2,1-2H3,(H,25,26,29). The predicted molar refractivity (Wildman–Crippen MR) is 121 cm³/mol. The first-order chi connectivity index (χ1) is 14.8. The Kier molecular flexibility index (Phi) is 6.43. The van der Waals surface area contributed by atoms with E-state index in [1.54, 1.807) is 25.3 Å². The van der Waals surface area contributed by atoms with Crippen molar-refractivity contribution >= 4 is 39.2 Å². The number of nitrogens with zero attached hydrogens (tertiary/aromatic N) is 2. The Hall–Kier alpha value is -2.26. The number of thioether (sulfide) groups is 1. The highest BCUT2D eigenvalue weighted by molar-refractivity contribution is 7.99. The lowest BCUT2D eigenvalue weighted by Crippen LogP contribution is -2.31. The normalized spacial score (nSPS) is 14.5. The van der Waals surface area contributed by atoms with Crippen LogP contribution in [0.5, 0.6) is 0 Å². The number of aryl methyl sites for hydroxylation is 2. The molecular formula is C22H23F2N3O2S2. The fourth-order valence-electron chi connectivity index (χ4n) is 3.83. The third-order valence-electron chi connectivity index (χ3n) is 5.74. The number of H-pyrrole nitrogens is 1. The lowest BCUT2D eigenvalue weighted by Gasteiger charge is -2.25. The molecule has 31 heavy (non-hydrogen) atoms. The van der Waals surface area contributed by atoms with E-state index in [1.807, 2.05) is 0 Å². The molecule has 1 amide bonds. The topological polar surface area (TPSA) is 66.1 Å². The van der Waals surface area contributed by atoms with Gasteiger partial charge in [-0.3, -0.25) is 9.59 Å². The van der Waals surface area contributed by atoms with Gasteiger partial charge in [0.15, 0.2) is 11.6 Å². The summed E-state index contributed by atoms with van der Waals surface area (Å²) in [6.45, 7) is 1.76. The summed E-state index contributed by atoms with van der Waals surface area (Å²) in [4.78, 5) is 36.2. The van der Waals surface area contributed by atoms with Gasteiger partial charge in [-0.15, -0.1) is 23.1 Å². The van der Waals surface area contributed by atoms with Gasteiger partial charge in [0.25, 0.3) is 5.56 Å². The minimum absolute atomic E-state index is 0.101. The van der Waals surface area contributed by atoms with Crippen LogP contribution >= 0.6 is 23.1 Å². The Bertz CT molecular complexity index is 1190. The molecule has 0 spiro atoms. The molecule has 3 aromatic rings. The summed E-state index contributed by atoms with van der Waals surface area (Å²) in [6, 6.07) is 3.26. The Labute approximate surface area is 186 Å². The van der Waals surface area contributed by atoms with Crippen LogP contribution in [0.1, 0.15) is 47.6 Å². The Morgan fingerprint density at radius 2 is 2.06 bits per heavy atom. The molecule has 5 nitrogen and oxygen atoms in total. The van der Waals surface area contributed by atoms with Crippen LogP contribution in [-0.4, -0.2) is 33.6 Å². The van der Waals surface area contributed by atoms with Crippen molar-refractivity contribution in [3.63, 3.8) is 0 Å². The molecule has 4 rings (SSSR count). The molecule has 1 aliphatic rings. The minimum atomic E-state index is -0.930. The fourth-order valence-corrected chi connectivity index (χ4v) is 5.92. The number of carbonyl (C=O) groups is 1. The number of carbonyl (C=O) groups excluding carboxylic acids is 1. The zero-order valence-corrected chi connectivity index (χ0v) is 19.0. The Morgan fingerprint density at radius 3 is 2.84 bits per heavy atom. The van der Waals surface area contributed by atoms with Gasteiger partial charge >= 0.3 is 0 Å². The molecule has 1 atom stereocenters. The van der Waals surface area contributed by atoms with Crippen molar-refractivity contribution in [3.05, 3.63) is 62.0 Å². The zero-order chi connectivity index (χ0) is 22.1. The van der Waals surface area contributed by atoms with Crippen molar-refractivity contribution in [2.75, 3.05) is 12.8 Å². The van der Waals surface area contributed by atoms with Gasteiger partial charge in [-0.25, -0.2) is 13.8 Å². The first kappa shape index (κ1) is 22.0. The van der Waals surface area contributed by atoms with Gasteiger partial charge in [0.2, 0.25) is 5.91 Å². The third-order valence-corrected chi connectivity index (χ3v) is 7.85. The Morgan fingerprint density at radius 1 is 1.29 bits per heavy atom. The van der Waals surface area contributed by atoms with E-state index in [0.717, 1.165) is 53.6 Å². The minimum Gasteiger partial charge on any atom is -0.338 e. The second-order valence-corrected chi connectivity index (χ2v) is 9.82. The molecule has 1 aliphatic carbocycles. The van der Waals surface area contributed by atoms with Gasteiger partial charge in [0, 0.05) is 11.9 Å². The van der Waals surface area contributed by atoms with Gasteiger partial charge in [-0.2, -0.15) is 0 Å². The van der Waals surface area contributed by atoms with E-state index in [1.165, 1.54) is 27.6 Å². The fraction of sp³-hybridized carbons (Fsp3) is 0.409. The number of aromatic nitrogens is 2. The van der Waals surface area contributed by atoms with Crippen LogP contribution in [0.2, 0.25) is 0 Å². The number of nitrogens with one attached hydrogen (secondary N) is 1. The number of thiophene rings is 1. The van der Waals surface area contributed by atoms with Crippen LogP contribution in [0, 0.1) is 11.6 Å². The van der Waals surface area contributed by atoms with Crippen LogP contribution in [0.15, 0.2) is 23.0 Å². The number of rotatable bonds is 6. The van der Waals surface area contributed by atoms with Gasteiger partial charge in [-0.05, 0) is 55.9 Å². The lowest BCUT2D eigenvalue weighted by molar-refractivity contribution is -0.128. The summed E-state index contributed by atoms with van der Waals surface area (Å²) in [5.74, 6) is -0.826. The molecule has 0 fully saturated rings. The Balaban J connectivity index is 1.39. The largest absolute Gasteiger partial charge is 0.338 e. The van der Waals surface area contributed by atoms with E-state index in [9.17, 15) is 18.4 Å². The van der Waals surface area contributed by atoms with Crippen LogP contribution in [-0.2, 0) is 23.4 Å². The van der Waals surface area contributed by atoms with Crippen molar-refractivity contribution < 1.29 is 13.6 Å². The van der Waals surface area contributed by atoms with Crippen LogP contribution < -0.4 is 5.56 Å². The first-order valence-electron chi connectivity index (χ1n) is 10.2. The summed E-state index contributed by atoms with van der Waals surface area (Å²) in [7, 11) is 1.64. The number of hydrogen-bond acceptors (Lipinski definition) is 5. The van der Waals surface area contributed by atoms with Crippen LogP contribution in [0.4, 0.5) is 8.78 Å². The van der Waals surface area contributed by atoms with E-state index in [2.05, 4.69) is 9.97 Å². The number of benzene rings is 1. The van der Waals surface area contributed by atoms with Crippen molar-refractivity contribution in [2.45, 2.75) is 44.4 Å². The summed E-state index contributed by atoms with van der Waals surface area (Å²) in [5.41, 5.74) is 1.58. The third kappa shape index (κ3) is 4.52. The van der Waals surface area contributed by atoms with Crippen molar-refractivity contribution in [3.8, 4) is 0 Å². The molecule has 1 aromatic carbocycles.